The van der Waals surface area contributed by atoms with E-state index in [-0.39, 0.29) is 24.8 Å². The fourth-order valence-electron chi connectivity index (χ4n) is 0.581. The van der Waals surface area contributed by atoms with Crippen molar-refractivity contribution in [2.75, 3.05) is 19.8 Å². The summed E-state index contributed by atoms with van der Waals surface area (Å²) in [6, 6.07) is 0. The highest BCUT2D eigenvalue weighted by Gasteiger charge is 1.92. The Kier molecular flexibility index (Phi) is 21.8. The summed E-state index contributed by atoms with van der Waals surface area (Å²) in [4.78, 5) is 30.1. The van der Waals surface area contributed by atoms with Gasteiger partial charge >= 0.3 is 17.9 Å². The third-order valence-corrected chi connectivity index (χ3v) is 1.78. The van der Waals surface area contributed by atoms with Crippen molar-refractivity contribution in [3.8, 4) is 0 Å². The van der Waals surface area contributed by atoms with E-state index in [1.165, 1.54) is 13.0 Å². The van der Waals surface area contributed by atoms with E-state index in [1.54, 1.807) is 0 Å². The molecule has 23 heavy (non-hydrogen) atoms. The molecular formula is C16H26O7. The second-order valence-electron chi connectivity index (χ2n) is 3.91. The van der Waals surface area contributed by atoms with Gasteiger partial charge in [0.05, 0.1) is 13.2 Å². The molecule has 0 radical (unpaired) electrons. The van der Waals surface area contributed by atoms with E-state index in [0.29, 0.717) is 6.61 Å². The van der Waals surface area contributed by atoms with Gasteiger partial charge in [0, 0.05) is 17.7 Å². The number of carboxylic acids is 1. The molecule has 132 valence electrons. The Hall–Kier alpha value is -2.41. The van der Waals surface area contributed by atoms with Crippen molar-refractivity contribution < 1.29 is 34.1 Å². The summed E-state index contributed by atoms with van der Waals surface area (Å²) >= 11 is 0. The van der Waals surface area contributed by atoms with E-state index in [4.69, 9.17) is 10.2 Å². The maximum atomic E-state index is 10.3. The molecule has 0 aromatic rings. The Labute approximate surface area is 136 Å². The van der Waals surface area contributed by atoms with Crippen LogP contribution < -0.4 is 0 Å². The Morgan fingerprint density at radius 3 is 1.70 bits per heavy atom. The van der Waals surface area contributed by atoms with Crippen LogP contribution in [0.1, 0.15) is 26.7 Å². The maximum Gasteiger partial charge on any atom is 0.330 e. The van der Waals surface area contributed by atoms with Crippen molar-refractivity contribution in [3.63, 3.8) is 0 Å². The van der Waals surface area contributed by atoms with E-state index >= 15 is 0 Å². The van der Waals surface area contributed by atoms with Gasteiger partial charge in [-0.3, -0.25) is 0 Å². The fraction of sp³-hybridized carbons (Fsp3) is 0.438. The lowest BCUT2D eigenvalue weighted by molar-refractivity contribution is -0.139. The number of hydrogen-bond acceptors (Lipinski definition) is 6. The third-order valence-electron chi connectivity index (χ3n) is 1.78. The maximum absolute atomic E-state index is 10.3. The van der Waals surface area contributed by atoms with Gasteiger partial charge in [-0.1, -0.05) is 33.1 Å². The van der Waals surface area contributed by atoms with Crippen LogP contribution in [0, 0.1) is 0 Å². The molecule has 0 unspecified atom stereocenters. The van der Waals surface area contributed by atoms with Crippen molar-refractivity contribution in [1.29, 1.82) is 0 Å². The molecule has 7 nitrogen and oxygen atoms in total. The van der Waals surface area contributed by atoms with Gasteiger partial charge in [-0.15, -0.1) is 0 Å². The number of carbonyl (C=O) groups is 3. The fourth-order valence-corrected chi connectivity index (χ4v) is 0.581. The van der Waals surface area contributed by atoms with Gasteiger partial charge in [-0.2, -0.15) is 0 Å². The Morgan fingerprint density at radius 1 is 1.04 bits per heavy atom. The van der Waals surface area contributed by atoms with Gasteiger partial charge in [-0.25, -0.2) is 14.4 Å². The first kappa shape index (κ1) is 25.5. The normalized spacial score (nSPS) is 8.13. The molecule has 0 fully saturated rings. The number of ether oxygens (including phenoxy) is 2. The molecule has 0 aliphatic carbocycles. The van der Waals surface area contributed by atoms with E-state index in [1.807, 2.05) is 6.92 Å². The third kappa shape index (κ3) is 28.5. The summed E-state index contributed by atoms with van der Waals surface area (Å²) in [6.07, 6.45) is 4.20. The number of aliphatic carboxylic acids is 1. The van der Waals surface area contributed by atoms with Crippen molar-refractivity contribution in [3.05, 3.63) is 37.5 Å². The molecule has 7 heteroatoms. The summed E-state index contributed by atoms with van der Waals surface area (Å²) in [7, 11) is 0. The smallest absolute Gasteiger partial charge is 0.330 e. The zero-order valence-electron chi connectivity index (χ0n) is 13.7. The highest BCUT2D eigenvalue weighted by Crippen LogP contribution is 1.88. The highest BCUT2D eigenvalue weighted by molar-refractivity contribution is 5.84. The Balaban J connectivity index is -0.000000266. The minimum atomic E-state index is -0.935. The number of carboxylic acid groups (broad SMARTS) is 1. The molecule has 0 saturated heterocycles. The predicted octanol–water partition coefficient (Wildman–Crippen LogP) is 1.87. The quantitative estimate of drug-likeness (QED) is 0.397. The predicted molar refractivity (Wildman–Crippen MR) is 86.8 cm³/mol. The van der Waals surface area contributed by atoms with Gasteiger partial charge in [-0.05, 0) is 13.3 Å². The first-order valence-electron chi connectivity index (χ1n) is 6.84. The van der Waals surface area contributed by atoms with Gasteiger partial charge in [0.2, 0.25) is 0 Å². The molecule has 0 aliphatic heterocycles. The van der Waals surface area contributed by atoms with Crippen LogP contribution in [0.25, 0.3) is 0 Å². The van der Waals surface area contributed by atoms with Crippen molar-refractivity contribution in [1.82, 2.24) is 0 Å². The molecule has 0 amide bonds. The summed E-state index contributed by atoms with van der Waals surface area (Å²) in [5.41, 5.74) is 0.176. The van der Waals surface area contributed by atoms with Crippen LogP contribution in [0.5, 0.6) is 0 Å². The van der Waals surface area contributed by atoms with Crippen molar-refractivity contribution in [2.45, 2.75) is 26.7 Å². The summed E-state index contributed by atoms with van der Waals surface area (Å²) < 4.78 is 9.01. The number of aliphatic hydroxyl groups is 1. The van der Waals surface area contributed by atoms with Gasteiger partial charge in [0.25, 0.3) is 0 Å². The number of unbranched alkanes of at least 4 members (excludes halogenated alkanes) is 1. The molecule has 0 heterocycles. The van der Waals surface area contributed by atoms with E-state index in [2.05, 4.69) is 29.2 Å². The van der Waals surface area contributed by atoms with Crippen LogP contribution in [0.15, 0.2) is 37.5 Å². The second kappa shape index (κ2) is 19.6. The van der Waals surface area contributed by atoms with Crippen LogP contribution >= 0.6 is 0 Å². The number of rotatable bonds is 8. The summed E-state index contributed by atoms with van der Waals surface area (Å²) in [6.45, 7) is 13.5. The first-order valence-corrected chi connectivity index (χ1v) is 6.84. The van der Waals surface area contributed by atoms with Crippen molar-refractivity contribution in [2.24, 2.45) is 0 Å². The molecular weight excluding hydrogens is 304 g/mol. The average molecular weight is 330 g/mol. The molecule has 0 atom stereocenters. The largest absolute Gasteiger partial charge is 0.478 e. The molecule has 0 rings (SSSR count). The molecule has 2 N–H and O–H groups in total. The number of hydrogen-bond donors (Lipinski definition) is 2. The SMILES string of the molecule is C=C(C)C(=O)O.C=CC(=O)OCCCC.C=CC(=O)OCCO. The standard InChI is InChI=1S/C7H12O2.C5H8O3.C4H6O2/c1-3-5-6-9-7(8)4-2;1-2-5(7)8-4-3-6;1-3(2)4(5)6/h4H,2-3,5-6H2,1H3;2,6H,1,3-4H2;1H2,2H3,(H,5,6). The summed E-state index contributed by atoms with van der Waals surface area (Å²) in [5.74, 6) is -1.77. The molecule has 0 spiro atoms. The Morgan fingerprint density at radius 2 is 1.43 bits per heavy atom. The number of carbonyl (C=O) groups excluding carboxylic acids is 2. The minimum Gasteiger partial charge on any atom is -0.478 e. The van der Waals surface area contributed by atoms with Crippen LogP contribution in [-0.2, 0) is 23.9 Å². The van der Waals surface area contributed by atoms with E-state index < -0.39 is 11.9 Å². The summed E-state index contributed by atoms with van der Waals surface area (Å²) in [5, 5.41) is 16.0. The van der Waals surface area contributed by atoms with Crippen molar-refractivity contribution >= 4 is 17.9 Å². The molecule has 0 aliphatic rings. The zero-order chi connectivity index (χ0) is 18.7. The van der Waals surface area contributed by atoms with Gasteiger partial charge in [0.1, 0.15) is 6.61 Å². The minimum absolute atomic E-state index is 0.0465. The van der Waals surface area contributed by atoms with Crippen LogP contribution in [0.2, 0.25) is 0 Å². The van der Waals surface area contributed by atoms with E-state index in [0.717, 1.165) is 18.9 Å². The van der Waals surface area contributed by atoms with Crippen LogP contribution in [-0.4, -0.2) is 47.9 Å². The average Bonchev–Trinajstić information content (AvgIpc) is 2.53. The van der Waals surface area contributed by atoms with Crippen LogP contribution in [0.4, 0.5) is 0 Å². The van der Waals surface area contributed by atoms with Gasteiger partial charge < -0.3 is 19.7 Å². The topological polar surface area (TPSA) is 110 Å². The Bertz CT molecular complexity index is 374. The molecule has 0 aromatic carbocycles. The lowest BCUT2D eigenvalue weighted by Crippen LogP contribution is -2.04. The molecule has 0 saturated carbocycles. The monoisotopic (exact) mass is 330 g/mol. The number of aliphatic hydroxyl groups excluding tert-OH is 1. The second-order valence-corrected chi connectivity index (χ2v) is 3.91. The molecule has 0 aromatic heterocycles. The number of esters is 2. The highest BCUT2D eigenvalue weighted by atomic mass is 16.5. The van der Waals surface area contributed by atoms with E-state index in [9.17, 15) is 14.4 Å². The lowest BCUT2D eigenvalue weighted by Gasteiger charge is -1.97. The van der Waals surface area contributed by atoms with Gasteiger partial charge in [0.15, 0.2) is 0 Å². The first-order chi connectivity index (χ1) is 10.8. The zero-order valence-corrected chi connectivity index (χ0v) is 13.7. The molecule has 0 bridgehead atoms. The van der Waals surface area contributed by atoms with Crippen LogP contribution in [0.3, 0.4) is 0 Å². The lowest BCUT2D eigenvalue weighted by atomic mass is 10.4.